The highest BCUT2D eigenvalue weighted by Crippen LogP contribution is 2.18. The van der Waals surface area contributed by atoms with Crippen molar-refractivity contribution in [1.82, 2.24) is 4.72 Å². The van der Waals surface area contributed by atoms with Crippen LogP contribution in [0.15, 0.2) is 47.4 Å². The van der Waals surface area contributed by atoms with E-state index in [1.165, 1.54) is 24.3 Å². The van der Waals surface area contributed by atoms with Crippen LogP contribution in [0.2, 0.25) is 0 Å². The summed E-state index contributed by atoms with van der Waals surface area (Å²) in [4.78, 5) is 12.2. The Labute approximate surface area is 161 Å². The lowest BCUT2D eigenvalue weighted by Gasteiger charge is -2.13. The van der Waals surface area contributed by atoms with E-state index in [0.29, 0.717) is 12.2 Å². The number of nitrogens with one attached hydrogen (secondary N) is 2. The zero-order valence-electron chi connectivity index (χ0n) is 16.1. The van der Waals surface area contributed by atoms with E-state index in [2.05, 4.69) is 10.0 Å². The Bertz CT molecular complexity index is 893. The first-order chi connectivity index (χ1) is 12.7. The second-order valence-electron chi connectivity index (χ2n) is 6.56. The van der Waals surface area contributed by atoms with Crippen LogP contribution in [0, 0.1) is 13.8 Å². The van der Waals surface area contributed by atoms with Gasteiger partial charge in [0, 0.05) is 11.7 Å². The minimum atomic E-state index is -3.55. The number of amides is 1. The summed E-state index contributed by atoms with van der Waals surface area (Å²) < 4.78 is 32.5. The molecule has 0 saturated carbocycles. The zero-order valence-corrected chi connectivity index (χ0v) is 16.9. The van der Waals surface area contributed by atoms with E-state index in [1.54, 1.807) is 0 Å². The van der Waals surface area contributed by atoms with Gasteiger partial charge in [0.15, 0.2) is 6.61 Å². The van der Waals surface area contributed by atoms with Crippen LogP contribution in [0.5, 0.6) is 5.75 Å². The summed E-state index contributed by atoms with van der Waals surface area (Å²) in [5.41, 5.74) is 2.78. The molecule has 2 aromatic carbocycles. The molecule has 146 valence electrons. The van der Waals surface area contributed by atoms with Crippen molar-refractivity contribution in [2.75, 3.05) is 11.9 Å². The molecule has 0 aliphatic carbocycles. The molecule has 0 saturated heterocycles. The van der Waals surface area contributed by atoms with Gasteiger partial charge in [-0.05, 0) is 68.7 Å². The molecule has 0 aromatic heterocycles. The van der Waals surface area contributed by atoms with Gasteiger partial charge >= 0.3 is 0 Å². The van der Waals surface area contributed by atoms with Crippen LogP contribution in [0.25, 0.3) is 0 Å². The van der Waals surface area contributed by atoms with Crippen LogP contribution in [0.4, 0.5) is 5.69 Å². The monoisotopic (exact) mass is 390 g/mol. The van der Waals surface area contributed by atoms with Crippen molar-refractivity contribution in [1.29, 1.82) is 0 Å². The smallest absolute Gasteiger partial charge is 0.262 e. The van der Waals surface area contributed by atoms with Gasteiger partial charge in [-0.15, -0.1) is 0 Å². The minimum absolute atomic E-state index is 0.139. The number of carbonyl (C=O) groups excluding carboxylic acids is 1. The van der Waals surface area contributed by atoms with Gasteiger partial charge in [0.05, 0.1) is 4.90 Å². The fraction of sp³-hybridized carbons (Fsp3) is 0.350. The SMILES string of the molecule is CC[C@@H](C)NS(=O)(=O)c1ccc(OCC(=O)Nc2cc(C)ccc2C)cc1. The van der Waals surface area contributed by atoms with Crippen molar-refractivity contribution in [2.45, 2.75) is 45.1 Å². The average Bonchev–Trinajstić information content (AvgIpc) is 2.63. The number of aryl methyl sites for hydroxylation is 2. The predicted octanol–water partition coefficient (Wildman–Crippen LogP) is 3.40. The Morgan fingerprint density at radius 3 is 2.41 bits per heavy atom. The van der Waals surface area contributed by atoms with Crippen LogP contribution in [0.3, 0.4) is 0 Å². The summed E-state index contributed by atoms with van der Waals surface area (Å²) in [6, 6.07) is 11.7. The Hall–Kier alpha value is -2.38. The molecule has 0 unspecified atom stereocenters. The topological polar surface area (TPSA) is 84.5 Å². The van der Waals surface area contributed by atoms with Gasteiger partial charge in [0.2, 0.25) is 10.0 Å². The second-order valence-corrected chi connectivity index (χ2v) is 8.27. The Morgan fingerprint density at radius 1 is 1.11 bits per heavy atom. The van der Waals surface area contributed by atoms with Crippen molar-refractivity contribution < 1.29 is 17.9 Å². The van der Waals surface area contributed by atoms with Crippen LogP contribution >= 0.6 is 0 Å². The molecular formula is C20H26N2O4S. The molecule has 0 bridgehead atoms. The van der Waals surface area contributed by atoms with E-state index in [0.717, 1.165) is 16.8 Å². The molecule has 2 N–H and O–H groups in total. The molecule has 0 fully saturated rings. The van der Waals surface area contributed by atoms with Crippen molar-refractivity contribution >= 4 is 21.6 Å². The molecule has 0 aliphatic heterocycles. The van der Waals surface area contributed by atoms with Crippen LogP contribution < -0.4 is 14.8 Å². The van der Waals surface area contributed by atoms with Gasteiger partial charge in [-0.25, -0.2) is 13.1 Å². The predicted molar refractivity (Wildman–Crippen MR) is 107 cm³/mol. The van der Waals surface area contributed by atoms with Crippen molar-refractivity contribution in [3.05, 3.63) is 53.6 Å². The van der Waals surface area contributed by atoms with Crippen LogP contribution in [-0.4, -0.2) is 27.0 Å². The number of carbonyl (C=O) groups is 1. The maximum atomic E-state index is 12.2. The van der Waals surface area contributed by atoms with E-state index < -0.39 is 10.0 Å². The summed E-state index contributed by atoms with van der Waals surface area (Å²) in [7, 11) is -3.55. The quantitative estimate of drug-likeness (QED) is 0.723. The van der Waals surface area contributed by atoms with Gasteiger partial charge < -0.3 is 10.1 Å². The third kappa shape index (κ3) is 6.08. The first-order valence-electron chi connectivity index (χ1n) is 8.83. The molecule has 0 aliphatic rings. The zero-order chi connectivity index (χ0) is 20.0. The molecule has 27 heavy (non-hydrogen) atoms. The van der Waals surface area contributed by atoms with E-state index in [9.17, 15) is 13.2 Å². The number of hydrogen-bond acceptors (Lipinski definition) is 4. The lowest BCUT2D eigenvalue weighted by atomic mass is 10.1. The van der Waals surface area contributed by atoms with Gasteiger partial charge in [0.25, 0.3) is 5.91 Å². The van der Waals surface area contributed by atoms with Gasteiger partial charge in [-0.2, -0.15) is 0 Å². The van der Waals surface area contributed by atoms with Crippen molar-refractivity contribution in [3.63, 3.8) is 0 Å². The summed E-state index contributed by atoms with van der Waals surface area (Å²) in [6.45, 7) is 7.43. The average molecular weight is 391 g/mol. The maximum Gasteiger partial charge on any atom is 0.262 e. The Morgan fingerprint density at radius 2 is 1.78 bits per heavy atom. The second kappa shape index (κ2) is 9.01. The molecule has 0 spiro atoms. The number of benzene rings is 2. The third-order valence-corrected chi connectivity index (χ3v) is 5.75. The molecule has 2 aromatic rings. The van der Waals surface area contributed by atoms with Gasteiger partial charge in [-0.1, -0.05) is 19.1 Å². The van der Waals surface area contributed by atoms with E-state index in [1.807, 2.05) is 45.9 Å². The lowest BCUT2D eigenvalue weighted by Crippen LogP contribution is -2.31. The van der Waals surface area contributed by atoms with Gasteiger partial charge in [0.1, 0.15) is 5.75 Å². The van der Waals surface area contributed by atoms with E-state index in [-0.39, 0.29) is 23.5 Å². The highest BCUT2D eigenvalue weighted by atomic mass is 32.2. The molecule has 0 heterocycles. The summed E-state index contributed by atoms with van der Waals surface area (Å²) in [5.74, 6) is 0.146. The first kappa shape index (κ1) is 20.9. The van der Waals surface area contributed by atoms with Crippen LogP contribution in [-0.2, 0) is 14.8 Å². The standard InChI is InChI=1S/C20H26N2O4S/c1-5-16(4)22-27(24,25)18-10-8-17(9-11-18)26-13-20(23)21-19-12-14(2)6-7-15(19)3/h6-12,16,22H,5,13H2,1-4H3,(H,21,23)/t16-/m1/s1. The van der Waals surface area contributed by atoms with Crippen molar-refractivity contribution in [3.8, 4) is 5.75 Å². The highest BCUT2D eigenvalue weighted by Gasteiger charge is 2.16. The highest BCUT2D eigenvalue weighted by molar-refractivity contribution is 7.89. The molecular weight excluding hydrogens is 364 g/mol. The Balaban J connectivity index is 1.95. The normalized spacial score (nSPS) is 12.4. The first-order valence-corrected chi connectivity index (χ1v) is 10.3. The van der Waals surface area contributed by atoms with E-state index in [4.69, 9.17) is 4.74 Å². The molecule has 2 rings (SSSR count). The number of rotatable bonds is 8. The molecule has 7 heteroatoms. The fourth-order valence-electron chi connectivity index (χ4n) is 2.34. The largest absolute Gasteiger partial charge is 0.484 e. The van der Waals surface area contributed by atoms with Gasteiger partial charge in [-0.3, -0.25) is 4.79 Å². The molecule has 0 radical (unpaired) electrons. The molecule has 6 nitrogen and oxygen atoms in total. The van der Waals surface area contributed by atoms with E-state index >= 15 is 0 Å². The number of ether oxygens (including phenoxy) is 1. The Kier molecular flexibility index (Phi) is 6.98. The number of sulfonamides is 1. The lowest BCUT2D eigenvalue weighted by molar-refractivity contribution is -0.118. The fourth-order valence-corrected chi connectivity index (χ4v) is 3.66. The molecule has 1 amide bonds. The summed E-state index contributed by atoms with van der Waals surface area (Å²) >= 11 is 0. The number of anilines is 1. The van der Waals surface area contributed by atoms with Crippen LogP contribution in [0.1, 0.15) is 31.4 Å². The van der Waals surface area contributed by atoms with Crippen molar-refractivity contribution in [2.24, 2.45) is 0 Å². The number of hydrogen-bond donors (Lipinski definition) is 2. The summed E-state index contributed by atoms with van der Waals surface area (Å²) in [5, 5.41) is 2.82. The summed E-state index contributed by atoms with van der Waals surface area (Å²) in [6.07, 6.45) is 0.704. The molecule has 1 atom stereocenters. The minimum Gasteiger partial charge on any atom is -0.484 e. The third-order valence-electron chi connectivity index (χ3n) is 4.14. The maximum absolute atomic E-state index is 12.2.